The topological polar surface area (TPSA) is 147 Å². The summed E-state index contributed by atoms with van der Waals surface area (Å²) in [5.74, 6) is -1.14. The minimum atomic E-state index is -4.58. The number of amides is 1. The van der Waals surface area contributed by atoms with Gasteiger partial charge in [-0.3, -0.25) is 19.5 Å². The van der Waals surface area contributed by atoms with Gasteiger partial charge in [0, 0.05) is 16.8 Å². The molecule has 0 saturated carbocycles. The van der Waals surface area contributed by atoms with Crippen molar-refractivity contribution in [1.29, 1.82) is 0 Å². The molecule has 0 bridgehead atoms. The van der Waals surface area contributed by atoms with E-state index in [9.17, 15) is 33.0 Å². The molecule has 0 aliphatic heterocycles. The molecule has 0 spiro atoms. The number of phenolic OH excluding ortho intramolecular Hbond substituents is 1. The number of benzene rings is 3. The van der Waals surface area contributed by atoms with E-state index in [4.69, 9.17) is 0 Å². The molecule has 3 aromatic rings. The highest BCUT2D eigenvalue weighted by Crippen LogP contribution is 2.36. The number of phenols is 1. The Labute approximate surface area is 159 Å². The summed E-state index contributed by atoms with van der Waals surface area (Å²) in [5.41, 5.74) is 0.0742. The van der Waals surface area contributed by atoms with Crippen LogP contribution in [0.25, 0.3) is 10.8 Å². The van der Waals surface area contributed by atoms with Crippen LogP contribution in [-0.2, 0) is 10.1 Å². The molecule has 0 aliphatic carbocycles. The SMILES string of the molecule is Cc1ccc([N+](=O)[O-])c(C(=O)Nc2cccc3c(S(=O)(=O)O)ccc(O)c23)c1. The minimum absolute atomic E-state index is 0.0148. The van der Waals surface area contributed by atoms with Gasteiger partial charge >= 0.3 is 0 Å². The van der Waals surface area contributed by atoms with Crippen LogP contribution in [0.4, 0.5) is 11.4 Å². The first kappa shape index (κ1) is 19.3. The van der Waals surface area contributed by atoms with Crippen LogP contribution in [0.3, 0.4) is 0 Å². The number of aromatic hydroxyl groups is 1. The van der Waals surface area contributed by atoms with Gasteiger partial charge in [0.1, 0.15) is 16.2 Å². The zero-order chi connectivity index (χ0) is 20.6. The number of nitrogens with zero attached hydrogens (tertiary/aromatic N) is 1. The van der Waals surface area contributed by atoms with Gasteiger partial charge in [-0.15, -0.1) is 0 Å². The molecule has 28 heavy (non-hydrogen) atoms. The van der Waals surface area contributed by atoms with Crippen LogP contribution in [0.1, 0.15) is 15.9 Å². The fraction of sp³-hybridized carbons (Fsp3) is 0.0556. The molecule has 3 aromatic carbocycles. The molecule has 9 nitrogen and oxygen atoms in total. The second-order valence-electron chi connectivity index (χ2n) is 6.02. The normalized spacial score (nSPS) is 11.4. The maximum atomic E-state index is 12.7. The minimum Gasteiger partial charge on any atom is -0.507 e. The number of hydrogen-bond donors (Lipinski definition) is 3. The Morgan fingerprint density at radius 2 is 1.86 bits per heavy atom. The van der Waals surface area contributed by atoms with Gasteiger partial charge in [-0.25, -0.2) is 0 Å². The number of anilines is 1. The highest BCUT2D eigenvalue weighted by atomic mass is 32.2. The lowest BCUT2D eigenvalue weighted by molar-refractivity contribution is -0.385. The van der Waals surface area contributed by atoms with Gasteiger partial charge in [0.2, 0.25) is 0 Å². The number of fused-ring (bicyclic) bond motifs is 1. The van der Waals surface area contributed by atoms with Crippen molar-refractivity contribution in [2.75, 3.05) is 5.32 Å². The number of carbonyl (C=O) groups excluding carboxylic acids is 1. The summed E-state index contributed by atoms with van der Waals surface area (Å²) in [7, 11) is -4.58. The van der Waals surface area contributed by atoms with Gasteiger partial charge < -0.3 is 10.4 Å². The van der Waals surface area contributed by atoms with Crippen LogP contribution in [0.5, 0.6) is 5.75 Å². The lowest BCUT2D eigenvalue weighted by atomic mass is 10.1. The fourth-order valence-corrected chi connectivity index (χ4v) is 3.56. The van der Waals surface area contributed by atoms with Crippen molar-refractivity contribution in [2.24, 2.45) is 0 Å². The Bertz CT molecular complexity index is 1240. The molecule has 0 unspecified atom stereocenters. The van der Waals surface area contributed by atoms with Gasteiger partial charge in [-0.1, -0.05) is 18.2 Å². The van der Waals surface area contributed by atoms with Crippen LogP contribution >= 0.6 is 0 Å². The second kappa shape index (κ2) is 6.91. The maximum absolute atomic E-state index is 12.7. The van der Waals surface area contributed by atoms with Crippen LogP contribution in [-0.4, -0.2) is 28.9 Å². The highest BCUT2D eigenvalue weighted by molar-refractivity contribution is 7.86. The molecular formula is C18H14N2O7S. The number of aryl methyl sites for hydroxylation is 1. The van der Waals surface area contributed by atoms with E-state index in [2.05, 4.69) is 5.32 Å². The monoisotopic (exact) mass is 402 g/mol. The Hall–Kier alpha value is -3.50. The Kier molecular flexibility index (Phi) is 4.75. The van der Waals surface area contributed by atoms with E-state index in [1.807, 2.05) is 0 Å². The lowest BCUT2D eigenvalue weighted by Gasteiger charge is -2.12. The molecule has 0 aromatic heterocycles. The van der Waals surface area contributed by atoms with Crippen LogP contribution in [0, 0.1) is 17.0 Å². The molecule has 144 valence electrons. The quantitative estimate of drug-likeness (QED) is 0.345. The predicted octanol–water partition coefficient (Wildman–Crippen LogP) is 3.26. The van der Waals surface area contributed by atoms with Crippen molar-refractivity contribution in [3.63, 3.8) is 0 Å². The molecule has 0 saturated heterocycles. The Morgan fingerprint density at radius 1 is 1.14 bits per heavy atom. The molecule has 0 heterocycles. The first-order chi connectivity index (χ1) is 13.1. The predicted molar refractivity (Wildman–Crippen MR) is 101 cm³/mol. The van der Waals surface area contributed by atoms with Gasteiger partial charge in [-0.2, -0.15) is 8.42 Å². The molecule has 0 radical (unpaired) electrons. The van der Waals surface area contributed by atoms with Gasteiger partial charge in [0.25, 0.3) is 21.7 Å². The van der Waals surface area contributed by atoms with Gasteiger partial charge in [-0.05, 0) is 36.8 Å². The number of carbonyl (C=O) groups is 1. The van der Waals surface area contributed by atoms with E-state index in [1.54, 1.807) is 6.92 Å². The Morgan fingerprint density at radius 3 is 2.50 bits per heavy atom. The number of hydrogen-bond acceptors (Lipinski definition) is 6. The summed E-state index contributed by atoms with van der Waals surface area (Å²) in [6.45, 7) is 1.67. The van der Waals surface area contributed by atoms with E-state index in [0.29, 0.717) is 5.56 Å². The third kappa shape index (κ3) is 3.50. The van der Waals surface area contributed by atoms with Gasteiger partial charge in [0.05, 0.1) is 10.6 Å². The van der Waals surface area contributed by atoms with E-state index in [0.717, 1.165) is 12.1 Å². The number of nitro benzene ring substituents is 1. The first-order valence-electron chi connectivity index (χ1n) is 7.88. The summed E-state index contributed by atoms with van der Waals surface area (Å²) in [5, 5.41) is 23.8. The van der Waals surface area contributed by atoms with E-state index >= 15 is 0 Å². The fourth-order valence-electron chi connectivity index (χ4n) is 2.87. The maximum Gasteiger partial charge on any atom is 0.295 e. The average Bonchev–Trinajstić information content (AvgIpc) is 2.60. The van der Waals surface area contributed by atoms with Crippen molar-refractivity contribution in [1.82, 2.24) is 0 Å². The third-order valence-corrected chi connectivity index (χ3v) is 5.01. The van der Waals surface area contributed by atoms with Crippen LogP contribution in [0.2, 0.25) is 0 Å². The van der Waals surface area contributed by atoms with Crippen LogP contribution in [0.15, 0.2) is 53.4 Å². The van der Waals surface area contributed by atoms with E-state index in [-0.39, 0.29) is 27.8 Å². The third-order valence-electron chi connectivity index (χ3n) is 4.10. The van der Waals surface area contributed by atoms with Crippen molar-refractivity contribution < 1.29 is 27.8 Å². The summed E-state index contributed by atoms with van der Waals surface area (Å²) in [4.78, 5) is 22.7. The van der Waals surface area contributed by atoms with Crippen molar-refractivity contribution in [2.45, 2.75) is 11.8 Å². The molecule has 3 rings (SSSR count). The summed E-state index contributed by atoms with van der Waals surface area (Å²) in [6.07, 6.45) is 0. The molecular weight excluding hydrogens is 388 g/mol. The second-order valence-corrected chi connectivity index (χ2v) is 7.41. The summed E-state index contributed by atoms with van der Waals surface area (Å²) < 4.78 is 32.5. The van der Waals surface area contributed by atoms with Crippen molar-refractivity contribution in [3.05, 3.63) is 69.8 Å². The molecule has 1 amide bonds. The molecule has 0 atom stereocenters. The standard InChI is InChI=1S/C18H14N2O7S/c1-10-5-6-14(20(23)24)12(9-10)18(22)19-13-4-2-3-11-16(28(25,26)27)8-7-15(21)17(11)13/h2-9,21H,1H3,(H,19,22)(H,25,26,27). The molecule has 0 aliphatic rings. The van der Waals surface area contributed by atoms with Crippen molar-refractivity contribution >= 4 is 38.2 Å². The zero-order valence-electron chi connectivity index (χ0n) is 14.4. The summed E-state index contributed by atoms with van der Waals surface area (Å²) >= 11 is 0. The highest BCUT2D eigenvalue weighted by Gasteiger charge is 2.22. The largest absolute Gasteiger partial charge is 0.507 e. The number of nitro groups is 1. The smallest absolute Gasteiger partial charge is 0.295 e. The Balaban J connectivity index is 2.16. The molecule has 10 heteroatoms. The first-order valence-corrected chi connectivity index (χ1v) is 9.32. The number of nitrogens with one attached hydrogen (secondary N) is 1. The number of rotatable bonds is 4. The summed E-state index contributed by atoms with van der Waals surface area (Å²) in [6, 6.07) is 10.3. The average molecular weight is 402 g/mol. The zero-order valence-corrected chi connectivity index (χ0v) is 15.2. The lowest BCUT2D eigenvalue weighted by Crippen LogP contribution is -2.14. The van der Waals surface area contributed by atoms with Crippen LogP contribution < -0.4 is 5.32 Å². The van der Waals surface area contributed by atoms with E-state index < -0.39 is 31.5 Å². The van der Waals surface area contributed by atoms with Gasteiger partial charge in [0.15, 0.2) is 0 Å². The van der Waals surface area contributed by atoms with Crippen molar-refractivity contribution in [3.8, 4) is 5.75 Å². The van der Waals surface area contributed by atoms with E-state index in [1.165, 1.54) is 36.4 Å². The molecule has 0 fully saturated rings. The molecule has 3 N–H and O–H groups in total.